The minimum absolute atomic E-state index is 0.0790. The lowest BCUT2D eigenvalue weighted by Crippen LogP contribution is -2.42. The van der Waals surface area contributed by atoms with Crippen molar-refractivity contribution in [3.05, 3.63) is 12.2 Å². The van der Waals surface area contributed by atoms with Gasteiger partial charge in [0.2, 0.25) is 5.82 Å². The van der Waals surface area contributed by atoms with Gasteiger partial charge in [0.15, 0.2) is 23.8 Å². The Morgan fingerprint density at radius 3 is 2.91 bits per heavy atom. The SMILES string of the molecule is CCNC(=O)[C@H]1O[C@@H](n2cnc3c(N)nc(C#C[C@@]4(O)CCC[C@@H](C)C4)nc32)C(O)[C@H]1O. The monoisotopic (exact) mass is 444 g/mol. The molecule has 1 amide bonds. The summed E-state index contributed by atoms with van der Waals surface area (Å²) >= 11 is 0. The number of aliphatic hydroxyl groups excluding tert-OH is 2. The molecule has 11 nitrogen and oxygen atoms in total. The summed E-state index contributed by atoms with van der Waals surface area (Å²) in [6, 6.07) is 0. The van der Waals surface area contributed by atoms with Crippen LogP contribution in [0.15, 0.2) is 6.33 Å². The van der Waals surface area contributed by atoms with Crippen LogP contribution in [0.4, 0.5) is 5.82 Å². The highest BCUT2D eigenvalue weighted by Crippen LogP contribution is 2.33. The molecule has 32 heavy (non-hydrogen) atoms. The largest absolute Gasteiger partial charge is 0.387 e. The minimum Gasteiger partial charge on any atom is -0.387 e. The Bertz CT molecular complexity index is 1080. The van der Waals surface area contributed by atoms with Gasteiger partial charge in [-0.25, -0.2) is 15.0 Å². The van der Waals surface area contributed by atoms with Crippen LogP contribution in [0.5, 0.6) is 0 Å². The first-order chi connectivity index (χ1) is 15.2. The number of fused-ring (bicyclic) bond motifs is 1. The van der Waals surface area contributed by atoms with Crippen LogP contribution in [0, 0.1) is 17.8 Å². The topological polar surface area (TPSA) is 169 Å². The molecule has 0 bridgehead atoms. The van der Waals surface area contributed by atoms with Crippen molar-refractivity contribution < 1.29 is 24.9 Å². The van der Waals surface area contributed by atoms with Crippen molar-refractivity contribution in [3.63, 3.8) is 0 Å². The molecule has 6 N–H and O–H groups in total. The Balaban J connectivity index is 1.66. The molecular weight excluding hydrogens is 416 g/mol. The van der Waals surface area contributed by atoms with Crippen LogP contribution >= 0.6 is 0 Å². The lowest BCUT2D eigenvalue weighted by molar-refractivity contribution is -0.137. The second-order valence-corrected chi connectivity index (χ2v) is 8.56. The summed E-state index contributed by atoms with van der Waals surface area (Å²) in [4.78, 5) is 24.9. The fourth-order valence-corrected chi connectivity index (χ4v) is 4.37. The van der Waals surface area contributed by atoms with Crippen LogP contribution in [0.1, 0.15) is 51.6 Å². The number of amides is 1. The van der Waals surface area contributed by atoms with E-state index in [-0.39, 0.29) is 22.8 Å². The number of nitrogens with one attached hydrogen (secondary N) is 1. The maximum atomic E-state index is 12.2. The Morgan fingerprint density at radius 2 is 2.19 bits per heavy atom. The van der Waals surface area contributed by atoms with Crippen molar-refractivity contribution in [1.29, 1.82) is 0 Å². The van der Waals surface area contributed by atoms with E-state index in [4.69, 9.17) is 10.5 Å². The Hall–Kier alpha value is -2.78. The number of nitrogen functional groups attached to an aromatic ring is 1. The molecule has 2 aliphatic rings. The molecule has 0 aromatic carbocycles. The molecule has 1 unspecified atom stereocenters. The van der Waals surface area contributed by atoms with E-state index in [1.165, 1.54) is 10.9 Å². The van der Waals surface area contributed by atoms with Gasteiger partial charge in [-0.15, -0.1) is 0 Å². The van der Waals surface area contributed by atoms with Gasteiger partial charge in [-0.2, -0.15) is 0 Å². The maximum absolute atomic E-state index is 12.2. The highest BCUT2D eigenvalue weighted by atomic mass is 16.6. The van der Waals surface area contributed by atoms with Gasteiger partial charge in [-0.1, -0.05) is 19.3 Å². The molecule has 3 heterocycles. The van der Waals surface area contributed by atoms with Gasteiger partial charge in [-0.05, 0) is 38.0 Å². The fourth-order valence-electron chi connectivity index (χ4n) is 4.37. The number of rotatable bonds is 3. The molecule has 4 rings (SSSR count). The molecule has 2 aromatic heterocycles. The zero-order chi connectivity index (χ0) is 23.0. The van der Waals surface area contributed by atoms with Crippen molar-refractivity contribution in [1.82, 2.24) is 24.8 Å². The normalized spacial score (nSPS) is 32.5. The molecule has 1 saturated carbocycles. The van der Waals surface area contributed by atoms with Gasteiger partial charge in [0, 0.05) is 6.54 Å². The molecule has 0 spiro atoms. The molecule has 172 valence electrons. The lowest BCUT2D eigenvalue weighted by Gasteiger charge is -2.30. The summed E-state index contributed by atoms with van der Waals surface area (Å²) in [7, 11) is 0. The second-order valence-electron chi connectivity index (χ2n) is 8.56. The molecule has 1 aliphatic carbocycles. The number of aliphatic hydroxyl groups is 3. The predicted octanol–water partition coefficient (Wildman–Crippen LogP) is -0.543. The van der Waals surface area contributed by atoms with Gasteiger partial charge in [0.25, 0.3) is 5.91 Å². The summed E-state index contributed by atoms with van der Waals surface area (Å²) in [6.45, 7) is 4.18. The third kappa shape index (κ3) is 4.14. The van der Waals surface area contributed by atoms with Crippen LogP contribution in [0.2, 0.25) is 0 Å². The number of hydrogen-bond donors (Lipinski definition) is 5. The van der Waals surface area contributed by atoms with E-state index >= 15 is 0 Å². The van der Waals surface area contributed by atoms with E-state index in [0.29, 0.717) is 25.3 Å². The molecule has 6 atom stereocenters. The average molecular weight is 444 g/mol. The molecule has 0 radical (unpaired) electrons. The van der Waals surface area contributed by atoms with E-state index in [1.54, 1.807) is 6.92 Å². The Morgan fingerprint density at radius 1 is 1.41 bits per heavy atom. The van der Waals surface area contributed by atoms with Gasteiger partial charge in [-0.3, -0.25) is 9.36 Å². The van der Waals surface area contributed by atoms with Crippen molar-refractivity contribution in [2.45, 2.75) is 69.7 Å². The number of imidazole rings is 1. The summed E-state index contributed by atoms with van der Waals surface area (Å²) in [5.74, 6) is 5.74. The Labute approximate surface area is 185 Å². The fraction of sp³-hybridized carbons (Fsp3) is 0.619. The second kappa shape index (κ2) is 8.63. The number of nitrogens with zero attached hydrogens (tertiary/aromatic N) is 4. The van der Waals surface area contributed by atoms with Crippen molar-refractivity contribution in [2.24, 2.45) is 5.92 Å². The van der Waals surface area contributed by atoms with Gasteiger partial charge < -0.3 is 31.1 Å². The van der Waals surface area contributed by atoms with Gasteiger partial charge in [0.1, 0.15) is 23.3 Å². The number of aromatic nitrogens is 4. The molecular formula is C21H28N6O5. The van der Waals surface area contributed by atoms with E-state index in [9.17, 15) is 20.1 Å². The molecule has 1 aliphatic heterocycles. The molecule has 2 aromatic rings. The average Bonchev–Trinajstić information content (AvgIpc) is 3.28. The van der Waals surface area contributed by atoms with Crippen LogP contribution in [0.3, 0.4) is 0 Å². The zero-order valence-electron chi connectivity index (χ0n) is 18.0. The van der Waals surface area contributed by atoms with Crippen molar-refractivity contribution in [3.8, 4) is 11.8 Å². The van der Waals surface area contributed by atoms with Crippen molar-refractivity contribution >= 4 is 22.9 Å². The van der Waals surface area contributed by atoms with E-state index < -0.39 is 36.0 Å². The summed E-state index contributed by atoms with van der Waals surface area (Å²) in [5.41, 5.74) is 5.44. The van der Waals surface area contributed by atoms with Crippen LogP contribution in [0.25, 0.3) is 11.2 Å². The lowest BCUT2D eigenvalue weighted by atomic mass is 9.79. The van der Waals surface area contributed by atoms with E-state index in [1.807, 2.05) is 0 Å². The standard InChI is InChI=1S/C21H28N6O5/c1-3-23-19(30)16-14(28)15(29)20(32-16)27-10-24-13-17(22)25-12(26-18(13)27)6-8-21(31)7-4-5-11(2)9-21/h10-11,14-16,20,28-29,31H,3-5,7,9H2,1-2H3,(H,23,30)(H2,22,25,26)/t11-,14-,15?,16+,20-,21+/m1/s1. The summed E-state index contributed by atoms with van der Waals surface area (Å²) < 4.78 is 7.04. The van der Waals surface area contributed by atoms with E-state index in [2.05, 4.69) is 39.0 Å². The Kier molecular flexibility index (Phi) is 6.05. The first-order valence-corrected chi connectivity index (χ1v) is 10.8. The predicted molar refractivity (Wildman–Crippen MR) is 114 cm³/mol. The first kappa shape index (κ1) is 22.4. The zero-order valence-corrected chi connectivity index (χ0v) is 18.0. The third-order valence-electron chi connectivity index (χ3n) is 5.95. The number of carbonyl (C=O) groups excluding carboxylic acids is 1. The minimum atomic E-state index is -1.43. The first-order valence-electron chi connectivity index (χ1n) is 10.8. The highest BCUT2D eigenvalue weighted by molar-refractivity contribution is 5.83. The number of carbonyl (C=O) groups is 1. The third-order valence-corrected chi connectivity index (χ3v) is 5.95. The quantitative estimate of drug-likeness (QED) is 0.390. The van der Waals surface area contributed by atoms with Crippen LogP contribution < -0.4 is 11.1 Å². The highest BCUT2D eigenvalue weighted by Gasteiger charge is 2.47. The number of hydrogen-bond acceptors (Lipinski definition) is 9. The molecule has 2 fully saturated rings. The van der Waals surface area contributed by atoms with E-state index in [0.717, 1.165) is 12.8 Å². The van der Waals surface area contributed by atoms with Gasteiger partial charge >= 0.3 is 0 Å². The summed E-state index contributed by atoms with van der Waals surface area (Å²) in [6.07, 6.45) is -0.699. The van der Waals surface area contributed by atoms with Crippen LogP contribution in [-0.2, 0) is 9.53 Å². The number of likely N-dealkylation sites (N-methyl/N-ethyl adjacent to an activating group) is 1. The van der Waals surface area contributed by atoms with Crippen molar-refractivity contribution in [2.75, 3.05) is 12.3 Å². The molecule has 1 saturated heterocycles. The van der Waals surface area contributed by atoms with Crippen LogP contribution in [-0.4, -0.2) is 71.2 Å². The molecule has 11 heteroatoms. The maximum Gasteiger partial charge on any atom is 0.252 e. The number of nitrogens with two attached hydrogens (primary N) is 1. The number of ether oxygens (including phenoxy) is 1. The number of anilines is 1. The van der Waals surface area contributed by atoms with Gasteiger partial charge in [0.05, 0.1) is 6.33 Å². The summed E-state index contributed by atoms with van der Waals surface area (Å²) in [5, 5.41) is 34.1. The smallest absolute Gasteiger partial charge is 0.252 e.